The number of nitrogens with one attached hydrogen (secondary N) is 1. The van der Waals surface area contributed by atoms with Gasteiger partial charge in [0, 0.05) is 5.75 Å². The largest absolute Gasteiger partial charge is 0.461 e. The van der Waals surface area contributed by atoms with Crippen LogP contribution in [0, 0.1) is 0 Å². The summed E-state index contributed by atoms with van der Waals surface area (Å²) in [6, 6.07) is 0. The molecular weight excluding hydrogens is 216 g/mol. The highest BCUT2D eigenvalue weighted by molar-refractivity contribution is 8.14. The van der Waals surface area contributed by atoms with E-state index in [-0.39, 0.29) is 18.3 Å². The molecule has 0 aromatic heterocycles. The molecule has 80 valence electrons. The Morgan fingerprint density at radius 3 is 3.13 bits per heavy atom. The van der Waals surface area contributed by atoms with Crippen LogP contribution in [0.3, 0.4) is 0 Å². The summed E-state index contributed by atoms with van der Waals surface area (Å²) in [6.45, 7) is 4.51. The lowest BCUT2D eigenvalue weighted by Gasteiger charge is -2.06. The number of hydrogen-bond donors (Lipinski definition) is 1. The number of nitrogens with zero attached hydrogens (tertiary/aromatic N) is 1. The number of hydrogen-bond acceptors (Lipinski definition) is 5. The van der Waals surface area contributed by atoms with Gasteiger partial charge in [0.2, 0.25) is 6.79 Å². The van der Waals surface area contributed by atoms with Crippen molar-refractivity contribution in [2.24, 2.45) is 4.99 Å². The van der Waals surface area contributed by atoms with Gasteiger partial charge in [-0.05, 0) is 0 Å². The summed E-state index contributed by atoms with van der Waals surface area (Å²) in [5.74, 6) is 0.973. The molecule has 2 aliphatic rings. The van der Waals surface area contributed by atoms with Gasteiger partial charge >= 0.3 is 0 Å². The molecule has 2 heterocycles. The van der Waals surface area contributed by atoms with E-state index < -0.39 is 0 Å². The zero-order valence-corrected chi connectivity index (χ0v) is 8.80. The van der Waals surface area contributed by atoms with E-state index in [4.69, 9.17) is 9.47 Å². The van der Waals surface area contributed by atoms with E-state index in [1.54, 1.807) is 0 Å². The van der Waals surface area contributed by atoms with Crippen LogP contribution in [0.4, 0.5) is 0 Å². The normalized spacial score (nSPS) is 18.7. The molecule has 2 rings (SSSR count). The predicted octanol–water partition coefficient (Wildman–Crippen LogP) is 0.607. The lowest BCUT2D eigenvalue weighted by Crippen LogP contribution is -2.29. The van der Waals surface area contributed by atoms with Crippen molar-refractivity contribution in [2.45, 2.75) is 0 Å². The first-order chi connectivity index (χ1) is 7.27. The minimum atomic E-state index is -0.306. The monoisotopic (exact) mass is 226 g/mol. The number of rotatable bonds is 2. The third-order valence-electron chi connectivity index (χ3n) is 1.85. The lowest BCUT2D eigenvalue weighted by atomic mass is 10.2. The second-order valence-corrected chi connectivity index (χ2v) is 3.96. The number of amides is 1. The first kappa shape index (κ1) is 10.1. The van der Waals surface area contributed by atoms with E-state index in [9.17, 15) is 4.79 Å². The minimum Gasteiger partial charge on any atom is -0.461 e. The number of aliphatic imine (C=N–C) groups is 1. The van der Waals surface area contributed by atoms with Gasteiger partial charge in [-0.1, -0.05) is 18.3 Å². The van der Waals surface area contributed by atoms with E-state index in [0.717, 1.165) is 12.3 Å². The minimum absolute atomic E-state index is 0.136. The Morgan fingerprint density at radius 2 is 2.53 bits per heavy atom. The van der Waals surface area contributed by atoms with E-state index in [1.165, 1.54) is 18.0 Å². The molecule has 0 radical (unpaired) electrons. The van der Waals surface area contributed by atoms with Crippen LogP contribution in [-0.2, 0) is 14.3 Å². The molecule has 1 N–H and O–H groups in total. The maximum Gasteiger partial charge on any atom is 0.260 e. The van der Waals surface area contributed by atoms with Crippen molar-refractivity contribution >= 4 is 22.8 Å². The third kappa shape index (κ3) is 2.33. The molecule has 0 aliphatic carbocycles. The standard InChI is InChI=1S/C9H10N2O3S/c1-6(7-4-13-5-14-7)8(12)11-9-10-2-3-15-9/h4H,1-3,5H2,(H,10,11,12). The fourth-order valence-corrected chi connectivity index (χ4v) is 1.82. The Hall–Kier alpha value is -1.43. The molecule has 5 nitrogen and oxygen atoms in total. The van der Waals surface area contributed by atoms with Crippen molar-refractivity contribution in [1.82, 2.24) is 5.32 Å². The molecule has 0 saturated heterocycles. The van der Waals surface area contributed by atoms with Crippen LogP contribution in [-0.4, -0.2) is 30.2 Å². The van der Waals surface area contributed by atoms with Gasteiger partial charge in [-0.25, -0.2) is 0 Å². The first-order valence-corrected chi connectivity index (χ1v) is 5.38. The van der Waals surface area contributed by atoms with Gasteiger partial charge < -0.3 is 14.8 Å². The zero-order valence-electron chi connectivity index (χ0n) is 7.99. The Labute approximate surface area is 91.2 Å². The Morgan fingerprint density at radius 1 is 1.67 bits per heavy atom. The quantitative estimate of drug-likeness (QED) is 0.701. The van der Waals surface area contributed by atoms with E-state index in [1.807, 2.05) is 0 Å². The summed E-state index contributed by atoms with van der Waals surface area (Å²) in [5.41, 5.74) is 0.253. The molecule has 15 heavy (non-hydrogen) atoms. The van der Waals surface area contributed by atoms with Gasteiger partial charge in [0.05, 0.1) is 12.1 Å². The molecule has 1 amide bonds. The molecule has 2 aliphatic heterocycles. The number of ether oxygens (including phenoxy) is 2. The molecule has 0 aromatic carbocycles. The van der Waals surface area contributed by atoms with E-state index in [2.05, 4.69) is 16.9 Å². The zero-order chi connectivity index (χ0) is 10.7. The van der Waals surface area contributed by atoms with Crippen LogP contribution >= 0.6 is 11.8 Å². The Kier molecular flexibility index (Phi) is 2.96. The van der Waals surface area contributed by atoms with Gasteiger partial charge in [0.1, 0.15) is 6.26 Å². The first-order valence-electron chi connectivity index (χ1n) is 4.40. The predicted molar refractivity (Wildman–Crippen MR) is 57.2 cm³/mol. The Balaban J connectivity index is 1.92. The molecular formula is C9H10N2O3S. The van der Waals surface area contributed by atoms with Crippen LogP contribution in [0.15, 0.2) is 29.2 Å². The lowest BCUT2D eigenvalue weighted by molar-refractivity contribution is -0.116. The average molecular weight is 226 g/mol. The van der Waals surface area contributed by atoms with Crippen molar-refractivity contribution < 1.29 is 14.3 Å². The number of amidine groups is 1. The summed E-state index contributed by atoms with van der Waals surface area (Å²) >= 11 is 1.52. The Bertz CT molecular complexity index is 362. The maximum absolute atomic E-state index is 11.6. The number of carbonyl (C=O) groups excluding carboxylic acids is 1. The van der Waals surface area contributed by atoms with Crippen molar-refractivity contribution in [1.29, 1.82) is 0 Å². The van der Waals surface area contributed by atoms with E-state index in [0.29, 0.717) is 10.9 Å². The molecule has 0 atom stereocenters. The summed E-state index contributed by atoms with van der Waals surface area (Å²) < 4.78 is 9.87. The SMILES string of the molecule is C=C(C(=O)NC1=NCCS1)C1=COCO1. The van der Waals surface area contributed by atoms with Gasteiger partial charge in [-0.3, -0.25) is 9.79 Å². The number of thioether (sulfide) groups is 1. The highest BCUT2D eigenvalue weighted by atomic mass is 32.2. The second-order valence-electron chi connectivity index (χ2n) is 2.88. The van der Waals surface area contributed by atoms with Crippen molar-refractivity contribution in [2.75, 3.05) is 19.1 Å². The number of carbonyl (C=O) groups is 1. The van der Waals surface area contributed by atoms with Crippen LogP contribution < -0.4 is 5.32 Å². The highest BCUT2D eigenvalue weighted by Gasteiger charge is 2.19. The highest BCUT2D eigenvalue weighted by Crippen LogP contribution is 2.16. The maximum atomic E-state index is 11.6. The topological polar surface area (TPSA) is 59.9 Å². The van der Waals surface area contributed by atoms with Gasteiger partial charge in [-0.2, -0.15) is 0 Å². The summed E-state index contributed by atoms with van der Waals surface area (Å²) in [6.07, 6.45) is 1.38. The fourth-order valence-electron chi connectivity index (χ4n) is 1.09. The second kappa shape index (κ2) is 4.39. The van der Waals surface area contributed by atoms with Crippen LogP contribution in [0.5, 0.6) is 0 Å². The molecule has 0 bridgehead atoms. The fraction of sp³-hybridized carbons (Fsp3) is 0.333. The smallest absolute Gasteiger partial charge is 0.260 e. The summed E-state index contributed by atoms with van der Waals surface area (Å²) in [5, 5.41) is 3.29. The molecule has 0 saturated carbocycles. The van der Waals surface area contributed by atoms with Crippen LogP contribution in [0.2, 0.25) is 0 Å². The third-order valence-corrected chi connectivity index (χ3v) is 2.74. The molecule has 0 aromatic rings. The summed E-state index contributed by atoms with van der Waals surface area (Å²) in [7, 11) is 0. The van der Waals surface area contributed by atoms with Gasteiger partial charge in [0.25, 0.3) is 5.91 Å². The van der Waals surface area contributed by atoms with Gasteiger partial charge in [0.15, 0.2) is 10.9 Å². The molecule has 6 heteroatoms. The van der Waals surface area contributed by atoms with Gasteiger partial charge in [-0.15, -0.1) is 0 Å². The van der Waals surface area contributed by atoms with Crippen LogP contribution in [0.25, 0.3) is 0 Å². The van der Waals surface area contributed by atoms with Crippen molar-refractivity contribution in [3.63, 3.8) is 0 Å². The molecule has 0 fully saturated rings. The van der Waals surface area contributed by atoms with E-state index >= 15 is 0 Å². The van der Waals surface area contributed by atoms with Crippen molar-refractivity contribution in [3.8, 4) is 0 Å². The van der Waals surface area contributed by atoms with Crippen LogP contribution in [0.1, 0.15) is 0 Å². The molecule has 0 spiro atoms. The van der Waals surface area contributed by atoms with Crippen molar-refractivity contribution in [3.05, 3.63) is 24.2 Å². The molecule has 0 unspecified atom stereocenters. The average Bonchev–Trinajstić information content (AvgIpc) is 2.88. The summed E-state index contributed by atoms with van der Waals surface area (Å²) in [4.78, 5) is 15.7.